The van der Waals surface area contributed by atoms with Crippen molar-refractivity contribution < 1.29 is 19.0 Å². The molecule has 7 rings (SSSR count). The molecule has 0 aliphatic carbocycles. The van der Waals surface area contributed by atoms with Gasteiger partial charge in [0.25, 0.3) is 0 Å². The molecule has 3 aromatic heterocycles. The number of fused-ring (bicyclic) bond motifs is 5. The van der Waals surface area contributed by atoms with E-state index in [4.69, 9.17) is 14.2 Å². The maximum absolute atomic E-state index is 12.7. The first-order valence-corrected chi connectivity index (χ1v) is 11.8. The van der Waals surface area contributed by atoms with Crippen molar-refractivity contribution >= 4 is 17.0 Å². The van der Waals surface area contributed by atoms with E-state index in [2.05, 4.69) is 38.1 Å². The number of nitrogens with one attached hydrogen (secondary N) is 2. The van der Waals surface area contributed by atoms with Gasteiger partial charge in [0.1, 0.15) is 0 Å². The largest absolute Gasteiger partial charge is 0.454 e. The topological polar surface area (TPSA) is 90.4 Å². The van der Waals surface area contributed by atoms with Crippen LogP contribution >= 0.6 is 0 Å². The average Bonchev–Trinajstić information content (AvgIpc) is 3.63. The fraction of sp³-hybridized carbons (Fsp3) is 0.143. The van der Waals surface area contributed by atoms with E-state index in [1.165, 1.54) is 5.56 Å². The lowest BCUT2D eigenvalue weighted by Gasteiger charge is -2.28. The number of carbonyl (C=O) groups excluding carboxylic acids is 1. The normalized spacial score (nSPS) is 15.4. The molecular formula is C28H22N4O4. The van der Waals surface area contributed by atoms with Crippen LogP contribution in [0.3, 0.4) is 0 Å². The molecule has 8 nitrogen and oxygen atoms in total. The van der Waals surface area contributed by atoms with Crippen molar-refractivity contribution in [1.82, 2.24) is 19.9 Å². The van der Waals surface area contributed by atoms with Gasteiger partial charge in [0.05, 0.1) is 11.7 Å². The highest BCUT2D eigenvalue weighted by molar-refractivity contribution is 5.86. The van der Waals surface area contributed by atoms with Crippen LogP contribution in [0.5, 0.6) is 17.2 Å². The maximum Gasteiger partial charge on any atom is 0.412 e. The van der Waals surface area contributed by atoms with E-state index < -0.39 is 6.09 Å². The van der Waals surface area contributed by atoms with Crippen molar-refractivity contribution in [2.24, 2.45) is 0 Å². The number of pyridine rings is 1. The summed E-state index contributed by atoms with van der Waals surface area (Å²) < 4.78 is 19.1. The first-order valence-electron chi connectivity index (χ1n) is 11.8. The van der Waals surface area contributed by atoms with Crippen LogP contribution in [0.2, 0.25) is 0 Å². The zero-order chi connectivity index (χ0) is 24.1. The molecule has 8 heteroatoms. The molecule has 1 unspecified atom stereocenters. The number of carbonyl (C=O) groups is 1. The maximum atomic E-state index is 12.7. The number of para-hydroxylation sites is 1. The molecule has 1 amide bonds. The minimum absolute atomic E-state index is 0.138. The molecule has 2 N–H and O–H groups in total. The third-order valence-corrected chi connectivity index (χ3v) is 6.80. The minimum Gasteiger partial charge on any atom is -0.454 e. The van der Waals surface area contributed by atoms with Gasteiger partial charge in [-0.05, 0) is 47.0 Å². The summed E-state index contributed by atoms with van der Waals surface area (Å²) in [5, 5.41) is 3.98. The quantitative estimate of drug-likeness (QED) is 0.375. The number of nitrogens with zero attached hydrogens (tertiary/aromatic N) is 2. The number of hydrogen-bond acceptors (Lipinski definition) is 5. The van der Waals surface area contributed by atoms with Crippen LogP contribution in [0.15, 0.2) is 79.3 Å². The van der Waals surface area contributed by atoms with Crippen molar-refractivity contribution in [2.45, 2.75) is 19.0 Å². The number of aromatic nitrogens is 3. The van der Waals surface area contributed by atoms with E-state index in [9.17, 15) is 4.79 Å². The SMILES string of the molecule is O=C(NCc1cccnc1)Oc1ccn2c1Cc1c([nH]c3ccccc13)C2c1ccc2c(c1)OCO2. The second-order valence-electron chi connectivity index (χ2n) is 8.89. The van der Waals surface area contributed by atoms with Gasteiger partial charge < -0.3 is 29.1 Å². The predicted molar refractivity (Wildman–Crippen MR) is 132 cm³/mol. The van der Waals surface area contributed by atoms with Gasteiger partial charge in [0.2, 0.25) is 6.79 Å². The highest BCUT2D eigenvalue weighted by atomic mass is 16.7. The van der Waals surface area contributed by atoms with E-state index in [-0.39, 0.29) is 12.8 Å². The van der Waals surface area contributed by atoms with Crippen LogP contribution < -0.4 is 19.5 Å². The van der Waals surface area contributed by atoms with Crippen molar-refractivity contribution in [3.8, 4) is 17.2 Å². The number of hydrogen-bond donors (Lipinski definition) is 2. The van der Waals surface area contributed by atoms with Crippen LogP contribution in [0.4, 0.5) is 4.79 Å². The molecule has 36 heavy (non-hydrogen) atoms. The van der Waals surface area contributed by atoms with E-state index in [0.717, 1.165) is 44.9 Å². The summed E-state index contributed by atoms with van der Waals surface area (Å²) in [4.78, 5) is 20.4. The molecule has 178 valence electrons. The third-order valence-electron chi connectivity index (χ3n) is 6.80. The molecule has 0 spiro atoms. The third kappa shape index (κ3) is 3.38. The number of amides is 1. The lowest BCUT2D eigenvalue weighted by atomic mass is 9.92. The molecule has 2 aromatic carbocycles. The molecule has 0 saturated heterocycles. The molecular weight excluding hydrogens is 456 g/mol. The van der Waals surface area contributed by atoms with Crippen molar-refractivity contribution in [2.75, 3.05) is 6.79 Å². The Bertz CT molecular complexity index is 1600. The van der Waals surface area contributed by atoms with Gasteiger partial charge in [-0.25, -0.2) is 4.79 Å². The zero-order valence-electron chi connectivity index (χ0n) is 19.2. The Morgan fingerprint density at radius 1 is 1.11 bits per heavy atom. The summed E-state index contributed by atoms with van der Waals surface area (Å²) in [5.41, 5.74) is 6.28. The molecule has 5 heterocycles. The lowest BCUT2D eigenvalue weighted by molar-refractivity contribution is 0.174. The average molecular weight is 479 g/mol. The monoisotopic (exact) mass is 478 g/mol. The van der Waals surface area contributed by atoms with Gasteiger partial charge in [0.15, 0.2) is 17.2 Å². The summed E-state index contributed by atoms with van der Waals surface area (Å²) in [7, 11) is 0. The van der Waals surface area contributed by atoms with Gasteiger partial charge >= 0.3 is 6.09 Å². The standard InChI is InChI=1S/C28H22N4O4/c33-28(30-15-17-4-3-10-29-14-17)36-23-9-11-32-22(23)13-20-19-5-1-2-6-21(19)31-26(20)27(32)18-7-8-24-25(12-18)35-16-34-24/h1-12,14,27,31H,13,15-16H2,(H,30,33). The predicted octanol–water partition coefficient (Wildman–Crippen LogP) is 4.92. The Kier molecular flexibility index (Phi) is 4.70. The van der Waals surface area contributed by atoms with E-state index in [0.29, 0.717) is 18.7 Å². The van der Waals surface area contributed by atoms with Crippen molar-refractivity contribution in [3.05, 3.63) is 107 Å². The number of H-pyrrole nitrogens is 1. The van der Waals surface area contributed by atoms with Crippen LogP contribution in [0.25, 0.3) is 10.9 Å². The van der Waals surface area contributed by atoms with Gasteiger partial charge in [-0.2, -0.15) is 0 Å². The number of benzene rings is 2. The Hall–Kier alpha value is -4.72. The Labute approximate surface area is 206 Å². The highest BCUT2D eigenvalue weighted by Crippen LogP contribution is 2.44. The Morgan fingerprint density at radius 3 is 2.94 bits per heavy atom. The first-order chi connectivity index (χ1) is 17.7. The second kappa shape index (κ2) is 8.20. The smallest absolute Gasteiger partial charge is 0.412 e. The number of ether oxygens (including phenoxy) is 3. The van der Waals surface area contributed by atoms with Gasteiger partial charge in [0, 0.05) is 48.2 Å². The van der Waals surface area contributed by atoms with E-state index in [1.807, 2.05) is 48.7 Å². The van der Waals surface area contributed by atoms with Crippen LogP contribution in [0, 0.1) is 0 Å². The van der Waals surface area contributed by atoms with Crippen molar-refractivity contribution in [1.29, 1.82) is 0 Å². The second-order valence-corrected chi connectivity index (χ2v) is 8.89. The molecule has 0 bridgehead atoms. The highest BCUT2D eigenvalue weighted by Gasteiger charge is 2.33. The van der Waals surface area contributed by atoms with Crippen LogP contribution in [0.1, 0.15) is 34.1 Å². The summed E-state index contributed by atoms with van der Waals surface area (Å²) in [5.74, 6) is 2.02. The molecule has 0 fully saturated rings. The summed E-state index contributed by atoms with van der Waals surface area (Å²) >= 11 is 0. The number of rotatable bonds is 4. The lowest BCUT2D eigenvalue weighted by Crippen LogP contribution is -2.27. The fourth-order valence-corrected chi connectivity index (χ4v) is 5.15. The molecule has 0 radical (unpaired) electrons. The zero-order valence-corrected chi connectivity index (χ0v) is 19.2. The van der Waals surface area contributed by atoms with Gasteiger partial charge in [-0.15, -0.1) is 0 Å². The molecule has 5 aromatic rings. The molecule has 2 aliphatic rings. The number of aromatic amines is 1. The van der Waals surface area contributed by atoms with Gasteiger partial charge in [-0.3, -0.25) is 4.98 Å². The molecule has 0 saturated carbocycles. The molecule has 1 atom stereocenters. The van der Waals surface area contributed by atoms with Gasteiger partial charge in [-0.1, -0.05) is 30.3 Å². The summed E-state index contributed by atoms with van der Waals surface area (Å²) in [6, 6.07) is 19.8. The van der Waals surface area contributed by atoms with Crippen LogP contribution in [-0.4, -0.2) is 27.4 Å². The van der Waals surface area contributed by atoms with E-state index >= 15 is 0 Å². The summed E-state index contributed by atoms with van der Waals surface area (Å²) in [6.45, 7) is 0.567. The summed E-state index contributed by atoms with van der Waals surface area (Å²) in [6.07, 6.45) is 5.53. The van der Waals surface area contributed by atoms with E-state index in [1.54, 1.807) is 12.4 Å². The fourth-order valence-electron chi connectivity index (χ4n) is 5.15. The Morgan fingerprint density at radius 2 is 2.03 bits per heavy atom. The van der Waals surface area contributed by atoms with Crippen LogP contribution in [-0.2, 0) is 13.0 Å². The Balaban J connectivity index is 1.26. The molecule has 2 aliphatic heterocycles. The minimum atomic E-state index is -0.503. The first kappa shape index (κ1) is 20.6. The van der Waals surface area contributed by atoms with Crippen molar-refractivity contribution in [3.63, 3.8) is 0 Å².